The van der Waals surface area contributed by atoms with Crippen molar-refractivity contribution in [1.29, 1.82) is 0 Å². The minimum absolute atomic E-state index is 0.872. The Balaban J connectivity index is 2.32. The lowest BCUT2D eigenvalue weighted by atomic mass is 10.1. The molecule has 1 aromatic heterocycles. The van der Waals surface area contributed by atoms with Crippen molar-refractivity contribution in [2.24, 2.45) is 0 Å². The van der Waals surface area contributed by atoms with Gasteiger partial charge in [-0.2, -0.15) is 11.8 Å². The highest BCUT2D eigenvalue weighted by atomic mass is 32.2. The van der Waals surface area contributed by atoms with Crippen molar-refractivity contribution in [1.82, 2.24) is 4.98 Å². The minimum atomic E-state index is 0.872. The molecule has 0 radical (unpaired) electrons. The molecule has 2 nitrogen and oxygen atoms in total. The predicted molar refractivity (Wildman–Crippen MR) is 60.0 cm³/mol. The number of anilines is 1. The molecular formula is C10H16N2S. The number of nitrogens with zero attached hydrogens (tertiary/aromatic N) is 1. The van der Waals surface area contributed by atoms with Crippen molar-refractivity contribution in [2.45, 2.75) is 19.8 Å². The van der Waals surface area contributed by atoms with Crippen molar-refractivity contribution in [2.75, 3.05) is 17.2 Å². The molecule has 0 bridgehead atoms. The Morgan fingerprint density at radius 2 is 2.38 bits per heavy atom. The molecule has 0 atom stereocenters. The van der Waals surface area contributed by atoms with Gasteiger partial charge in [-0.3, -0.25) is 4.98 Å². The SMILES string of the molecule is CCSCCCc1cnccc1N. The maximum absolute atomic E-state index is 5.79. The molecule has 72 valence electrons. The molecule has 0 aliphatic rings. The van der Waals surface area contributed by atoms with Gasteiger partial charge in [-0.05, 0) is 36.0 Å². The van der Waals surface area contributed by atoms with Crippen molar-refractivity contribution < 1.29 is 0 Å². The zero-order chi connectivity index (χ0) is 9.52. The van der Waals surface area contributed by atoms with E-state index in [0.717, 1.165) is 12.1 Å². The molecule has 0 spiro atoms. The second-order valence-corrected chi connectivity index (χ2v) is 4.27. The Morgan fingerprint density at radius 1 is 1.54 bits per heavy atom. The van der Waals surface area contributed by atoms with Crippen molar-refractivity contribution >= 4 is 17.4 Å². The number of nitrogen functional groups attached to an aromatic ring is 1. The first-order valence-corrected chi connectivity index (χ1v) is 5.76. The topological polar surface area (TPSA) is 38.9 Å². The minimum Gasteiger partial charge on any atom is -0.398 e. The summed E-state index contributed by atoms with van der Waals surface area (Å²) in [4.78, 5) is 4.06. The third-order valence-electron chi connectivity index (χ3n) is 1.88. The van der Waals surface area contributed by atoms with Gasteiger partial charge in [0, 0.05) is 18.1 Å². The van der Waals surface area contributed by atoms with Gasteiger partial charge in [-0.15, -0.1) is 0 Å². The Kier molecular flexibility index (Phi) is 4.68. The van der Waals surface area contributed by atoms with Crippen molar-refractivity contribution in [3.63, 3.8) is 0 Å². The molecule has 2 N–H and O–H groups in total. The number of hydrogen-bond acceptors (Lipinski definition) is 3. The van der Waals surface area contributed by atoms with Gasteiger partial charge in [0.15, 0.2) is 0 Å². The van der Waals surface area contributed by atoms with Crippen LogP contribution in [0, 0.1) is 0 Å². The molecule has 3 heteroatoms. The van der Waals surface area contributed by atoms with Gasteiger partial charge in [0.1, 0.15) is 0 Å². The van der Waals surface area contributed by atoms with Crippen LogP contribution < -0.4 is 5.73 Å². The van der Waals surface area contributed by atoms with E-state index in [1.165, 1.54) is 23.5 Å². The fourth-order valence-corrected chi connectivity index (χ4v) is 1.79. The zero-order valence-corrected chi connectivity index (χ0v) is 8.81. The van der Waals surface area contributed by atoms with Crippen LogP contribution in [0.5, 0.6) is 0 Å². The second-order valence-electron chi connectivity index (χ2n) is 2.87. The Hall–Kier alpha value is -0.700. The molecule has 0 fully saturated rings. The zero-order valence-electron chi connectivity index (χ0n) is 7.99. The lowest BCUT2D eigenvalue weighted by Crippen LogP contribution is -1.96. The lowest BCUT2D eigenvalue weighted by molar-refractivity contribution is 0.927. The van der Waals surface area contributed by atoms with Crippen LogP contribution >= 0.6 is 11.8 Å². The summed E-state index contributed by atoms with van der Waals surface area (Å²) in [5.41, 5.74) is 7.84. The summed E-state index contributed by atoms with van der Waals surface area (Å²) in [5.74, 6) is 2.41. The number of thioether (sulfide) groups is 1. The maximum Gasteiger partial charge on any atom is 0.0377 e. The Bertz CT molecular complexity index is 250. The maximum atomic E-state index is 5.79. The van der Waals surface area contributed by atoms with Gasteiger partial charge in [-0.1, -0.05) is 6.92 Å². The molecule has 13 heavy (non-hydrogen) atoms. The molecule has 0 amide bonds. The number of pyridine rings is 1. The number of hydrogen-bond donors (Lipinski definition) is 1. The van der Waals surface area contributed by atoms with Gasteiger partial charge >= 0.3 is 0 Å². The summed E-state index contributed by atoms with van der Waals surface area (Å²) in [6.45, 7) is 2.18. The fourth-order valence-electron chi connectivity index (χ4n) is 1.16. The molecule has 0 unspecified atom stereocenters. The van der Waals surface area contributed by atoms with Crippen LogP contribution in [0.4, 0.5) is 5.69 Å². The number of aryl methyl sites for hydroxylation is 1. The lowest BCUT2D eigenvalue weighted by Gasteiger charge is -2.03. The summed E-state index contributed by atoms with van der Waals surface area (Å²) in [6, 6.07) is 1.86. The third-order valence-corrected chi connectivity index (χ3v) is 2.87. The van der Waals surface area contributed by atoms with Crippen molar-refractivity contribution in [3.8, 4) is 0 Å². The molecule has 0 saturated heterocycles. The number of rotatable bonds is 5. The molecule has 1 heterocycles. The van der Waals surface area contributed by atoms with Crippen LogP contribution in [-0.2, 0) is 6.42 Å². The molecular weight excluding hydrogens is 180 g/mol. The van der Waals surface area contributed by atoms with E-state index in [-0.39, 0.29) is 0 Å². The van der Waals surface area contributed by atoms with Crippen LogP contribution in [0.3, 0.4) is 0 Å². The number of nitrogens with two attached hydrogens (primary N) is 1. The first-order valence-electron chi connectivity index (χ1n) is 4.60. The molecule has 0 aromatic carbocycles. The highest BCUT2D eigenvalue weighted by molar-refractivity contribution is 7.99. The molecule has 0 aliphatic carbocycles. The van der Waals surface area contributed by atoms with Crippen LogP contribution in [0.25, 0.3) is 0 Å². The van der Waals surface area contributed by atoms with Gasteiger partial charge in [0.25, 0.3) is 0 Å². The van der Waals surface area contributed by atoms with E-state index in [9.17, 15) is 0 Å². The Morgan fingerprint density at radius 3 is 3.08 bits per heavy atom. The van der Waals surface area contributed by atoms with Gasteiger partial charge in [0.2, 0.25) is 0 Å². The summed E-state index contributed by atoms with van der Waals surface area (Å²) < 4.78 is 0. The first-order chi connectivity index (χ1) is 6.34. The molecule has 0 aliphatic heterocycles. The van der Waals surface area contributed by atoms with E-state index in [1.807, 2.05) is 24.0 Å². The summed E-state index contributed by atoms with van der Waals surface area (Å²) in [5, 5.41) is 0. The highest BCUT2D eigenvalue weighted by Crippen LogP contribution is 2.12. The van der Waals surface area contributed by atoms with E-state index < -0.39 is 0 Å². The van der Waals surface area contributed by atoms with Crippen LogP contribution in [-0.4, -0.2) is 16.5 Å². The monoisotopic (exact) mass is 196 g/mol. The van der Waals surface area contributed by atoms with Crippen molar-refractivity contribution in [3.05, 3.63) is 24.0 Å². The van der Waals surface area contributed by atoms with E-state index in [4.69, 9.17) is 5.73 Å². The quantitative estimate of drug-likeness (QED) is 0.735. The summed E-state index contributed by atoms with van der Waals surface area (Å²) in [6.07, 6.45) is 5.84. The average molecular weight is 196 g/mol. The van der Waals surface area contributed by atoms with Gasteiger partial charge in [0.05, 0.1) is 0 Å². The standard InChI is InChI=1S/C10H16N2S/c1-2-13-7-3-4-9-8-12-6-5-10(9)11/h5-6,8H,2-4,7H2,1H3,(H2,11,12). The van der Waals surface area contributed by atoms with E-state index in [2.05, 4.69) is 11.9 Å². The fraction of sp³-hybridized carbons (Fsp3) is 0.500. The van der Waals surface area contributed by atoms with Gasteiger partial charge < -0.3 is 5.73 Å². The van der Waals surface area contributed by atoms with Gasteiger partial charge in [-0.25, -0.2) is 0 Å². The molecule has 1 aromatic rings. The van der Waals surface area contributed by atoms with E-state index >= 15 is 0 Å². The molecule has 1 rings (SSSR count). The van der Waals surface area contributed by atoms with Crippen LogP contribution in [0.2, 0.25) is 0 Å². The predicted octanol–water partition coefficient (Wildman–Crippen LogP) is 2.35. The highest BCUT2D eigenvalue weighted by Gasteiger charge is 1.97. The second kappa shape index (κ2) is 5.86. The number of aromatic nitrogens is 1. The van der Waals surface area contributed by atoms with Crippen LogP contribution in [0.15, 0.2) is 18.5 Å². The Labute approximate surface area is 83.9 Å². The molecule has 0 saturated carbocycles. The normalized spacial score (nSPS) is 10.2. The average Bonchev–Trinajstić information content (AvgIpc) is 2.15. The largest absolute Gasteiger partial charge is 0.398 e. The summed E-state index contributed by atoms with van der Waals surface area (Å²) >= 11 is 1.97. The summed E-state index contributed by atoms with van der Waals surface area (Å²) in [7, 11) is 0. The van der Waals surface area contributed by atoms with E-state index in [1.54, 1.807) is 6.20 Å². The van der Waals surface area contributed by atoms with E-state index in [0.29, 0.717) is 0 Å². The smallest absolute Gasteiger partial charge is 0.0377 e. The first kappa shape index (κ1) is 10.4. The third kappa shape index (κ3) is 3.68. The van der Waals surface area contributed by atoms with Crippen LogP contribution in [0.1, 0.15) is 18.9 Å².